The van der Waals surface area contributed by atoms with Gasteiger partial charge in [-0.3, -0.25) is 14.6 Å². The van der Waals surface area contributed by atoms with E-state index in [2.05, 4.69) is 66.5 Å². The molecule has 1 amide bonds. The van der Waals surface area contributed by atoms with Gasteiger partial charge in [-0.05, 0) is 77.1 Å². The summed E-state index contributed by atoms with van der Waals surface area (Å²) < 4.78 is 0. The van der Waals surface area contributed by atoms with E-state index in [9.17, 15) is 4.79 Å². The van der Waals surface area contributed by atoms with Crippen molar-refractivity contribution in [3.05, 3.63) is 35.9 Å². The van der Waals surface area contributed by atoms with Crippen LogP contribution >= 0.6 is 0 Å². The first-order chi connectivity index (χ1) is 13.6. The highest BCUT2D eigenvalue weighted by Gasteiger charge is 2.47. The van der Waals surface area contributed by atoms with Gasteiger partial charge in [-0.25, -0.2) is 0 Å². The minimum absolute atomic E-state index is 0.0852. The Morgan fingerprint density at radius 2 is 1.75 bits per heavy atom. The molecular weight excluding hydrogens is 346 g/mol. The number of nitrogens with zero attached hydrogens (tertiary/aromatic N) is 2. The first-order valence-corrected chi connectivity index (χ1v) is 11.2. The fraction of sp³-hybridized carbons (Fsp3) is 0.708. The fourth-order valence-electron chi connectivity index (χ4n) is 5.50. The van der Waals surface area contributed by atoms with E-state index in [0.717, 1.165) is 51.1 Å². The van der Waals surface area contributed by atoms with Crippen molar-refractivity contribution in [1.29, 1.82) is 0 Å². The summed E-state index contributed by atoms with van der Waals surface area (Å²) in [6, 6.07) is 11.1. The Labute approximate surface area is 171 Å². The molecule has 0 heterocycles. The molecule has 1 aromatic carbocycles. The first kappa shape index (κ1) is 21.3. The summed E-state index contributed by atoms with van der Waals surface area (Å²) in [6.07, 6.45) is 10.7. The number of carbonyl (C=O) groups excluding carboxylic acids is 1. The monoisotopic (exact) mass is 385 g/mol. The molecule has 0 unspecified atom stereocenters. The Morgan fingerprint density at radius 3 is 2.29 bits per heavy atom. The number of carbonyl (C=O) groups is 1. The largest absolute Gasteiger partial charge is 0.357 e. The standard InChI is InChI=1S/C24H39N3O/c1-4-17-26(2)24(22-11-6-5-7-12-22)15-13-23(14-16-24,19-25-20-28)27(3)18-21-9-8-10-21/h5-7,11-12,20-21H,4,8-10,13-19H2,1-3H3,(H,25,28). The lowest BCUT2D eigenvalue weighted by Gasteiger charge is -2.54. The third kappa shape index (κ3) is 4.28. The predicted molar refractivity (Wildman–Crippen MR) is 116 cm³/mol. The molecule has 2 fully saturated rings. The number of hydrogen-bond acceptors (Lipinski definition) is 3. The average Bonchev–Trinajstić information content (AvgIpc) is 2.70. The Morgan fingerprint density at radius 1 is 1.07 bits per heavy atom. The van der Waals surface area contributed by atoms with Crippen molar-refractivity contribution in [3.8, 4) is 0 Å². The minimum atomic E-state index is 0.0852. The van der Waals surface area contributed by atoms with Crippen LogP contribution in [0.5, 0.6) is 0 Å². The van der Waals surface area contributed by atoms with Gasteiger partial charge in [0.1, 0.15) is 0 Å². The summed E-state index contributed by atoms with van der Waals surface area (Å²) in [5, 5.41) is 3.03. The molecule has 0 radical (unpaired) electrons. The molecule has 3 rings (SSSR count). The lowest BCUT2D eigenvalue weighted by Crippen LogP contribution is -2.60. The molecule has 4 nitrogen and oxygen atoms in total. The molecule has 1 N–H and O–H groups in total. The van der Waals surface area contributed by atoms with Crippen LogP contribution in [0.4, 0.5) is 0 Å². The molecule has 0 aliphatic heterocycles. The highest BCUT2D eigenvalue weighted by Crippen LogP contribution is 2.47. The van der Waals surface area contributed by atoms with Gasteiger partial charge in [-0.15, -0.1) is 0 Å². The highest BCUT2D eigenvalue weighted by atomic mass is 16.1. The zero-order chi connectivity index (χ0) is 20.0. The maximum Gasteiger partial charge on any atom is 0.207 e. The van der Waals surface area contributed by atoms with Gasteiger partial charge in [0, 0.05) is 24.2 Å². The second kappa shape index (κ2) is 9.41. The summed E-state index contributed by atoms with van der Waals surface area (Å²) in [5.41, 5.74) is 1.64. The van der Waals surface area contributed by atoms with Crippen LogP contribution < -0.4 is 5.32 Å². The van der Waals surface area contributed by atoms with E-state index in [1.807, 2.05) is 0 Å². The summed E-state index contributed by atoms with van der Waals surface area (Å²) >= 11 is 0. The predicted octanol–water partition coefficient (Wildman–Crippen LogP) is 4.01. The van der Waals surface area contributed by atoms with Crippen molar-refractivity contribution in [3.63, 3.8) is 0 Å². The number of nitrogens with one attached hydrogen (secondary N) is 1. The van der Waals surface area contributed by atoms with Crippen LogP contribution in [0.2, 0.25) is 0 Å². The fourth-order valence-corrected chi connectivity index (χ4v) is 5.50. The Balaban J connectivity index is 1.81. The Hall–Kier alpha value is -1.39. The third-order valence-corrected chi connectivity index (χ3v) is 7.69. The normalized spacial score (nSPS) is 28.3. The van der Waals surface area contributed by atoms with Crippen LogP contribution in [-0.4, -0.2) is 55.5 Å². The molecule has 0 aromatic heterocycles. The lowest BCUT2D eigenvalue weighted by molar-refractivity contribution is -0.110. The molecular formula is C24H39N3O. The molecule has 2 aliphatic carbocycles. The highest BCUT2D eigenvalue weighted by molar-refractivity contribution is 5.46. The van der Waals surface area contributed by atoms with E-state index in [0.29, 0.717) is 0 Å². The van der Waals surface area contributed by atoms with Gasteiger partial charge in [-0.1, -0.05) is 43.7 Å². The van der Waals surface area contributed by atoms with Crippen LogP contribution in [-0.2, 0) is 10.3 Å². The van der Waals surface area contributed by atoms with Crippen molar-refractivity contribution in [2.24, 2.45) is 5.92 Å². The number of amides is 1. The van der Waals surface area contributed by atoms with E-state index in [4.69, 9.17) is 0 Å². The SMILES string of the molecule is CCCN(C)C1(c2ccccc2)CCC(CNC=O)(N(C)CC2CCC2)CC1. The molecule has 28 heavy (non-hydrogen) atoms. The molecule has 2 aliphatic rings. The van der Waals surface area contributed by atoms with Crippen molar-refractivity contribution < 1.29 is 4.79 Å². The average molecular weight is 386 g/mol. The second-order valence-corrected chi connectivity index (χ2v) is 9.22. The van der Waals surface area contributed by atoms with Gasteiger partial charge >= 0.3 is 0 Å². The van der Waals surface area contributed by atoms with Gasteiger partial charge in [0.05, 0.1) is 0 Å². The zero-order valence-electron chi connectivity index (χ0n) is 18.1. The molecule has 1 aromatic rings. The topological polar surface area (TPSA) is 35.6 Å². The lowest BCUT2D eigenvalue weighted by atomic mass is 9.67. The molecule has 0 atom stereocenters. The van der Waals surface area contributed by atoms with Crippen LogP contribution in [0.25, 0.3) is 0 Å². The van der Waals surface area contributed by atoms with Crippen molar-refractivity contribution in [1.82, 2.24) is 15.1 Å². The molecule has 156 valence electrons. The van der Waals surface area contributed by atoms with Crippen molar-refractivity contribution in [2.75, 3.05) is 33.7 Å². The van der Waals surface area contributed by atoms with Crippen LogP contribution in [0, 0.1) is 5.92 Å². The molecule has 0 saturated heterocycles. The first-order valence-electron chi connectivity index (χ1n) is 11.2. The van der Waals surface area contributed by atoms with E-state index in [1.54, 1.807) is 0 Å². The molecule has 2 saturated carbocycles. The van der Waals surface area contributed by atoms with Gasteiger partial charge in [-0.2, -0.15) is 0 Å². The van der Waals surface area contributed by atoms with Gasteiger partial charge in [0.2, 0.25) is 6.41 Å². The number of rotatable bonds is 10. The zero-order valence-corrected chi connectivity index (χ0v) is 18.1. The van der Waals surface area contributed by atoms with Crippen molar-refractivity contribution >= 4 is 6.41 Å². The maximum absolute atomic E-state index is 11.1. The molecule has 0 spiro atoms. The summed E-state index contributed by atoms with van der Waals surface area (Å²) in [6.45, 7) is 5.32. The second-order valence-electron chi connectivity index (χ2n) is 9.22. The summed E-state index contributed by atoms with van der Waals surface area (Å²) in [5.74, 6) is 0.849. The van der Waals surface area contributed by atoms with E-state index < -0.39 is 0 Å². The number of hydrogen-bond donors (Lipinski definition) is 1. The Kier molecular flexibility index (Phi) is 7.16. The molecule has 0 bridgehead atoms. The van der Waals surface area contributed by atoms with Crippen LogP contribution in [0.15, 0.2) is 30.3 Å². The molecule has 4 heteroatoms. The summed E-state index contributed by atoms with van der Waals surface area (Å²) in [4.78, 5) is 16.3. The number of benzene rings is 1. The quantitative estimate of drug-likeness (QED) is 0.618. The minimum Gasteiger partial charge on any atom is -0.357 e. The van der Waals surface area contributed by atoms with Crippen LogP contribution in [0.1, 0.15) is 63.9 Å². The van der Waals surface area contributed by atoms with Gasteiger partial charge < -0.3 is 5.32 Å². The van der Waals surface area contributed by atoms with E-state index >= 15 is 0 Å². The van der Waals surface area contributed by atoms with Gasteiger partial charge in [0.15, 0.2) is 0 Å². The van der Waals surface area contributed by atoms with E-state index in [-0.39, 0.29) is 11.1 Å². The van der Waals surface area contributed by atoms with Crippen molar-refractivity contribution in [2.45, 2.75) is 69.4 Å². The number of likely N-dealkylation sites (N-methyl/N-ethyl adjacent to an activating group) is 1. The maximum atomic E-state index is 11.1. The summed E-state index contributed by atoms with van der Waals surface area (Å²) in [7, 11) is 4.58. The smallest absolute Gasteiger partial charge is 0.207 e. The van der Waals surface area contributed by atoms with Crippen LogP contribution in [0.3, 0.4) is 0 Å². The van der Waals surface area contributed by atoms with E-state index in [1.165, 1.54) is 37.8 Å². The third-order valence-electron chi connectivity index (χ3n) is 7.69. The van der Waals surface area contributed by atoms with Gasteiger partial charge in [0.25, 0.3) is 0 Å². The Bertz CT molecular complexity index is 606.